The van der Waals surface area contributed by atoms with Crippen molar-refractivity contribution in [1.82, 2.24) is 9.88 Å². The standard InChI is InChI=1S/C27H32N4O4/c1-18-14-25(31-12-10-30(2)11-13-31)29-22-8-7-20(17-21(18)22)28-26(32)9-6-19-15-23(33-3)27(35-5)24(16-19)34-4/h6-9,14-17H,10-13H2,1-5H3,(H,28,32). The van der Waals surface area contributed by atoms with Gasteiger partial charge in [-0.2, -0.15) is 0 Å². The van der Waals surface area contributed by atoms with E-state index in [1.165, 1.54) is 6.08 Å². The Bertz CT molecular complexity index is 1220. The van der Waals surface area contributed by atoms with Gasteiger partial charge in [0.05, 0.1) is 26.8 Å². The van der Waals surface area contributed by atoms with Crippen LogP contribution in [0.2, 0.25) is 0 Å². The molecule has 1 saturated heterocycles. The highest BCUT2D eigenvalue weighted by Gasteiger charge is 2.17. The molecule has 0 unspecified atom stereocenters. The summed E-state index contributed by atoms with van der Waals surface area (Å²) < 4.78 is 16.1. The number of aromatic nitrogens is 1. The number of hydrogen-bond acceptors (Lipinski definition) is 7. The number of hydrogen-bond donors (Lipinski definition) is 1. The minimum atomic E-state index is -0.238. The highest BCUT2D eigenvalue weighted by atomic mass is 16.5. The average molecular weight is 477 g/mol. The summed E-state index contributed by atoms with van der Waals surface area (Å²) in [6.45, 7) is 6.10. The number of methoxy groups -OCH3 is 3. The van der Waals surface area contributed by atoms with Crippen LogP contribution in [0.1, 0.15) is 11.1 Å². The third kappa shape index (κ3) is 5.49. The van der Waals surface area contributed by atoms with Gasteiger partial charge in [0.2, 0.25) is 11.7 Å². The second-order valence-electron chi connectivity index (χ2n) is 8.60. The van der Waals surface area contributed by atoms with Crippen LogP contribution in [0, 0.1) is 6.92 Å². The lowest BCUT2D eigenvalue weighted by Crippen LogP contribution is -2.44. The molecular weight excluding hydrogens is 444 g/mol. The number of carbonyl (C=O) groups excluding carboxylic acids is 1. The van der Waals surface area contributed by atoms with E-state index in [0.717, 1.165) is 54.0 Å². The van der Waals surface area contributed by atoms with Gasteiger partial charge in [0, 0.05) is 43.3 Å². The number of amides is 1. The van der Waals surface area contributed by atoms with Crippen LogP contribution in [0.5, 0.6) is 17.2 Å². The van der Waals surface area contributed by atoms with E-state index in [1.807, 2.05) is 18.2 Å². The zero-order valence-corrected chi connectivity index (χ0v) is 20.9. The van der Waals surface area contributed by atoms with Crippen molar-refractivity contribution in [3.8, 4) is 17.2 Å². The van der Waals surface area contributed by atoms with E-state index in [9.17, 15) is 4.79 Å². The van der Waals surface area contributed by atoms with Crippen LogP contribution in [-0.4, -0.2) is 70.3 Å². The fourth-order valence-corrected chi connectivity index (χ4v) is 4.21. The Morgan fingerprint density at radius 3 is 2.29 bits per heavy atom. The summed E-state index contributed by atoms with van der Waals surface area (Å²) >= 11 is 0. The summed E-state index contributed by atoms with van der Waals surface area (Å²) in [6.07, 6.45) is 3.18. The van der Waals surface area contributed by atoms with Gasteiger partial charge in [0.25, 0.3) is 0 Å². The molecule has 2 heterocycles. The van der Waals surface area contributed by atoms with E-state index in [1.54, 1.807) is 39.5 Å². The largest absolute Gasteiger partial charge is 0.493 e. The Morgan fingerprint density at radius 1 is 0.971 bits per heavy atom. The third-order valence-corrected chi connectivity index (χ3v) is 6.21. The molecule has 0 spiro atoms. The molecule has 1 aliphatic rings. The molecule has 0 saturated carbocycles. The SMILES string of the molecule is COc1cc(C=CC(=O)Nc2ccc3nc(N4CCN(C)CC4)cc(C)c3c2)cc(OC)c1OC. The first-order valence-corrected chi connectivity index (χ1v) is 11.6. The van der Waals surface area contributed by atoms with Crippen molar-refractivity contribution in [2.24, 2.45) is 0 Å². The van der Waals surface area contributed by atoms with E-state index < -0.39 is 0 Å². The quantitative estimate of drug-likeness (QED) is 0.517. The average Bonchev–Trinajstić information content (AvgIpc) is 2.87. The molecule has 8 nitrogen and oxygen atoms in total. The van der Waals surface area contributed by atoms with E-state index in [4.69, 9.17) is 19.2 Å². The molecule has 1 aliphatic heterocycles. The number of ether oxygens (including phenoxy) is 3. The van der Waals surface area contributed by atoms with Crippen molar-refractivity contribution < 1.29 is 19.0 Å². The van der Waals surface area contributed by atoms with E-state index >= 15 is 0 Å². The second kappa shape index (κ2) is 10.7. The van der Waals surface area contributed by atoms with Crippen LogP contribution >= 0.6 is 0 Å². The molecule has 0 atom stereocenters. The van der Waals surface area contributed by atoms with Crippen LogP contribution in [-0.2, 0) is 4.79 Å². The summed E-state index contributed by atoms with van der Waals surface area (Å²) in [4.78, 5) is 22.1. The number of anilines is 2. The minimum absolute atomic E-state index is 0.238. The van der Waals surface area contributed by atoms with Gasteiger partial charge < -0.3 is 29.3 Å². The fraction of sp³-hybridized carbons (Fsp3) is 0.333. The summed E-state index contributed by atoms with van der Waals surface area (Å²) in [5, 5.41) is 3.96. The number of likely N-dealkylation sites (N-methyl/N-ethyl adjacent to an activating group) is 1. The molecule has 184 valence electrons. The van der Waals surface area contributed by atoms with Gasteiger partial charge >= 0.3 is 0 Å². The van der Waals surface area contributed by atoms with Gasteiger partial charge in [-0.05, 0) is 67.6 Å². The van der Waals surface area contributed by atoms with E-state index in [2.05, 4.69) is 35.2 Å². The van der Waals surface area contributed by atoms with Crippen molar-refractivity contribution in [3.63, 3.8) is 0 Å². The normalized spacial score (nSPS) is 14.4. The lowest BCUT2D eigenvalue weighted by Gasteiger charge is -2.33. The number of benzene rings is 2. The van der Waals surface area contributed by atoms with Crippen LogP contribution in [0.4, 0.5) is 11.5 Å². The topological polar surface area (TPSA) is 76.2 Å². The molecule has 0 aliphatic carbocycles. The van der Waals surface area contributed by atoms with E-state index in [0.29, 0.717) is 22.9 Å². The monoisotopic (exact) mass is 476 g/mol. The molecule has 1 fully saturated rings. The summed E-state index contributed by atoms with van der Waals surface area (Å²) in [6, 6.07) is 11.5. The van der Waals surface area contributed by atoms with Crippen LogP contribution in [0.25, 0.3) is 17.0 Å². The van der Waals surface area contributed by atoms with Crippen molar-refractivity contribution in [3.05, 3.63) is 53.6 Å². The number of nitrogens with zero attached hydrogens (tertiary/aromatic N) is 3. The highest BCUT2D eigenvalue weighted by molar-refractivity contribution is 6.03. The molecular formula is C27H32N4O4. The van der Waals surface area contributed by atoms with E-state index in [-0.39, 0.29) is 5.91 Å². The van der Waals surface area contributed by atoms with Gasteiger partial charge in [-0.1, -0.05) is 0 Å². The number of aryl methyl sites for hydroxylation is 1. The molecule has 0 bridgehead atoms. The van der Waals surface area contributed by atoms with Crippen LogP contribution in [0.3, 0.4) is 0 Å². The zero-order chi connectivity index (χ0) is 24.9. The molecule has 8 heteroatoms. The van der Waals surface area contributed by atoms with Crippen LogP contribution in [0.15, 0.2) is 42.5 Å². The molecule has 1 amide bonds. The van der Waals surface area contributed by atoms with Crippen molar-refractivity contribution >= 4 is 34.4 Å². The maximum Gasteiger partial charge on any atom is 0.248 e. The number of carbonyl (C=O) groups is 1. The smallest absolute Gasteiger partial charge is 0.248 e. The van der Waals surface area contributed by atoms with Crippen molar-refractivity contribution in [1.29, 1.82) is 0 Å². The van der Waals surface area contributed by atoms with Gasteiger partial charge in [0.15, 0.2) is 11.5 Å². The molecule has 3 aromatic rings. The second-order valence-corrected chi connectivity index (χ2v) is 8.60. The maximum absolute atomic E-state index is 12.6. The number of fused-ring (bicyclic) bond motifs is 1. The zero-order valence-electron chi connectivity index (χ0n) is 20.9. The molecule has 2 aromatic carbocycles. The summed E-state index contributed by atoms with van der Waals surface area (Å²) in [5.41, 5.74) is 3.52. The number of piperazine rings is 1. The highest BCUT2D eigenvalue weighted by Crippen LogP contribution is 2.38. The van der Waals surface area contributed by atoms with Gasteiger partial charge in [-0.15, -0.1) is 0 Å². The first-order valence-electron chi connectivity index (χ1n) is 11.6. The first-order chi connectivity index (χ1) is 16.9. The summed E-state index contributed by atoms with van der Waals surface area (Å²) in [5.74, 6) is 2.33. The Kier molecular flexibility index (Phi) is 7.41. The maximum atomic E-state index is 12.6. The Labute approximate surface area is 206 Å². The molecule has 0 radical (unpaired) electrons. The number of rotatable bonds is 7. The number of nitrogens with one attached hydrogen (secondary N) is 1. The van der Waals surface area contributed by atoms with Crippen molar-refractivity contribution in [2.75, 3.05) is 64.8 Å². The molecule has 4 rings (SSSR count). The van der Waals surface area contributed by atoms with Crippen molar-refractivity contribution in [2.45, 2.75) is 6.92 Å². The predicted octanol–water partition coefficient (Wildman–Crippen LogP) is 3.97. The predicted molar refractivity (Wildman–Crippen MR) is 140 cm³/mol. The third-order valence-electron chi connectivity index (χ3n) is 6.21. The number of pyridine rings is 1. The van der Waals surface area contributed by atoms with Gasteiger partial charge in [-0.3, -0.25) is 4.79 Å². The van der Waals surface area contributed by atoms with Crippen LogP contribution < -0.4 is 24.4 Å². The van der Waals surface area contributed by atoms with Gasteiger partial charge in [0.1, 0.15) is 5.82 Å². The lowest BCUT2D eigenvalue weighted by molar-refractivity contribution is -0.111. The molecule has 1 aromatic heterocycles. The Morgan fingerprint density at radius 2 is 1.66 bits per heavy atom. The Balaban J connectivity index is 1.49. The minimum Gasteiger partial charge on any atom is -0.493 e. The van der Waals surface area contributed by atoms with Gasteiger partial charge in [-0.25, -0.2) is 4.98 Å². The first kappa shape index (κ1) is 24.3. The fourth-order valence-electron chi connectivity index (χ4n) is 4.21. The summed E-state index contributed by atoms with van der Waals surface area (Å²) in [7, 11) is 6.81. The lowest BCUT2D eigenvalue weighted by atomic mass is 10.1. The molecule has 35 heavy (non-hydrogen) atoms. The molecule has 1 N–H and O–H groups in total. The Hall–Kier alpha value is -3.78.